The van der Waals surface area contributed by atoms with Gasteiger partial charge in [0.1, 0.15) is 0 Å². The van der Waals surface area contributed by atoms with Crippen LogP contribution in [0.4, 0.5) is 5.69 Å². The van der Waals surface area contributed by atoms with Crippen LogP contribution >= 0.6 is 0 Å². The molecule has 0 fully saturated rings. The summed E-state index contributed by atoms with van der Waals surface area (Å²) in [4.78, 5) is 12.8. The lowest BCUT2D eigenvalue weighted by molar-refractivity contribution is 0.0920. The summed E-state index contributed by atoms with van der Waals surface area (Å²) in [6.45, 7) is 14.1. The van der Waals surface area contributed by atoms with Gasteiger partial charge in [-0.25, -0.2) is 0 Å². The average Bonchev–Trinajstić information content (AvgIpc) is 2.42. The van der Waals surface area contributed by atoms with Crippen LogP contribution in [0.1, 0.15) is 70.3 Å². The monoisotopic (exact) mass is 316 g/mol. The summed E-state index contributed by atoms with van der Waals surface area (Å²) in [7, 11) is 0. The second-order valence-corrected chi connectivity index (χ2v) is 8.75. The lowest BCUT2D eigenvalue weighted by Crippen LogP contribution is -2.49. The van der Waals surface area contributed by atoms with Crippen molar-refractivity contribution in [2.24, 2.45) is 5.41 Å². The molecule has 0 aromatic heterocycles. The third-order valence-electron chi connectivity index (χ3n) is 4.30. The maximum atomic E-state index is 12.8. The Bertz CT molecular complexity index is 569. The zero-order valence-electron chi connectivity index (χ0n) is 15.5. The first-order valence-electron chi connectivity index (χ1n) is 8.76. The number of ketones is 1. The molecule has 0 radical (unpaired) electrons. The lowest BCUT2D eigenvalue weighted by Gasteiger charge is -2.35. The van der Waals surface area contributed by atoms with Gasteiger partial charge < -0.3 is 10.6 Å². The number of hydrogen-bond acceptors (Lipinski definition) is 3. The molecule has 1 aromatic carbocycles. The van der Waals surface area contributed by atoms with Crippen molar-refractivity contribution in [3.8, 4) is 0 Å². The molecule has 3 nitrogen and oxygen atoms in total. The third-order valence-corrected chi connectivity index (χ3v) is 4.30. The van der Waals surface area contributed by atoms with Gasteiger partial charge >= 0.3 is 0 Å². The van der Waals surface area contributed by atoms with Gasteiger partial charge in [0, 0.05) is 23.3 Å². The lowest BCUT2D eigenvalue weighted by atomic mass is 9.81. The summed E-state index contributed by atoms with van der Waals surface area (Å²) in [5.74, 6) is 0.181. The van der Waals surface area contributed by atoms with E-state index in [4.69, 9.17) is 0 Å². The Morgan fingerprint density at radius 3 is 2.61 bits per heavy atom. The van der Waals surface area contributed by atoms with E-state index in [1.165, 1.54) is 11.3 Å². The molecular weight excluding hydrogens is 284 g/mol. The fourth-order valence-electron chi connectivity index (χ4n) is 3.91. The molecule has 0 aliphatic carbocycles. The number of Topliss-reactive ketones (excluding diaryl/α,β-unsaturated/α-hetero) is 1. The number of aryl methyl sites for hydroxylation is 1. The normalized spacial score (nSPS) is 16.4. The van der Waals surface area contributed by atoms with Gasteiger partial charge in [-0.2, -0.15) is 0 Å². The maximum Gasteiger partial charge on any atom is 0.179 e. The summed E-state index contributed by atoms with van der Waals surface area (Å²) in [5, 5.41) is 6.92. The summed E-state index contributed by atoms with van der Waals surface area (Å²) < 4.78 is 0. The molecule has 0 saturated heterocycles. The van der Waals surface area contributed by atoms with Crippen molar-refractivity contribution in [3.05, 3.63) is 29.3 Å². The van der Waals surface area contributed by atoms with Crippen LogP contribution in [-0.4, -0.2) is 23.9 Å². The number of anilines is 1. The standard InChI is InChI=1S/C20H32N2O/c1-14(22-20(5,6)13-19(2,3)4)18(23)16-9-10-17-15(12-16)8-7-11-21-17/h9-10,12,14,21-22H,7-8,11,13H2,1-6H3. The van der Waals surface area contributed by atoms with E-state index in [0.717, 1.165) is 31.4 Å². The number of benzene rings is 1. The summed E-state index contributed by atoms with van der Waals surface area (Å²) in [5.41, 5.74) is 3.43. The number of hydrogen-bond donors (Lipinski definition) is 2. The molecule has 0 spiro atoms. The van der Waals surface area contributed by atoms with Crippen LogP contribution < -0.4 is 10.6 Å². The molecule has 1 unspecified atom stereocenters. The first-order valence-corrected chi connectivity index (χ1v) is 8.76. The minimum atomic E-state index is -0.179. The van der Waals surface area contributed by atoms with E-state index >= 15 is 0 Å². The molecule has 23 heavy (non-hydrogen) atoms. The largest absolute Gasteiger partial charge is 0.385 e. The van der Waals surface area contributed by atoms with Crippen LogP contribution in [0, 0.1) is 5.41 Å². The number of carbonyl (C=O) groups excluding carboxylic acids is 1. The Morgan fingerprint density at radius 1 is 1.26 bits per heavy atom. The highest BCUT2D eigenvalue weighted by atomic mass is 16.1. The van der Waals surface area contributed by atoms with Crippen molar-refractivity contribution in [1.29, 1.82) is 0 Å². The van der Waals surface area contributed by atoms with Gasteiger partial charge in [-0.1, -0.05) is 20.8 Å². The SMILES string of the molecule is CC(NC(C)(C)CC(C)(C)C)C(=O)c1ccc2c(c1)CCCN2. The molecule has 128 valence electrons. The van der Waals surface area contributed by atoms with Crippen molar-refractivity contribution >= 4 is 11.5 Å². The quantitative estimate of drug-likeness (QED) is 0.790. The highest BCUT2D eigenvalue weighted by molar-refractivity contribution is 6.00. The van der Waals surface area contributed by atoms with Crippen LogP contribution in [0.3, 0.4) is 0 Å². The minimum Gasteiger partial charge on any atom is -0.385 e. The van der Waals surface area contributed by atoms with Crippen LogP contribution in [0.2, 0.25) is 0 Å². The molecule has 1 heterocycles. The molecule has 2 rings (SSSR count). The predicted octanol–water partition coefficient (Wildman–Crippen LogP) is 4.42. The fraction of sp³-hybridized carbons (Fsp3) is 0.650. The Kier molecular flexibility index (Phi) is 5.20. The van der Waals surface area contributed by atoms with Crippen molar-refractivity contribution in [3.63, 3.8) is 0 Å². The molecule has 0 amide bonds. The maximum absolute atomic E-state index is 12.8. The van der Waals surface area contributed by atoms with Crippen LogP contribution in [0.15, 0.2) is 18.2 Å². The van der Waals surface area contributed by atoms with Gasteiger partial charge in [0.2, 0.25) is 0 Å². The number of fused-ring (bicyclic) bond motifs is 1. The van der Waals surface area contributed by atoms with E-state index in [1.807, 2.05) is 13.0 Å². The number of carbonyl (C=O) groups is 1. The van der Waals surface area contributed by atoms with Gasteiger partial charge in [0.15, 0.2) is 5.78 Å². The van der Waals surface area contributed by atoms with Gasteiger partial charge in [0.25, 0.3) is 0 Å². The average molecular weight is 316 g/mol. The highest BCUT2D eigenvalue weighted by Gasteiger charge is 2.29. The molecule has 2 N–H and O–H groups in total. The van der Waals surface area contributed by atoms with E-state index < -0.39 is 0 Å². The second kappa shape index (κ2) is 6.64. The van der Waals surface area contributed by atoms with Gasteiger partial charge in [-0.05, 0) is 69.2 Å². The second-order valence-electron chi connectivity index (χ2n) is 8.75. The molecule has 1 atom stereocenters. The first kappa shape index (κ1) is 18.0. The Labute approximate surface area is 141 Å². The van der Waals surface area contributed by atoms with Crippen molar-refractivity contribution < 1.29 is 4.79 Å². The zero-order valence-corrected chi connectivity index (χ0v) is 15.5. The van der Waals surface area contributed by atoms with E-state index in [2.05, 4.69) is 57.4 Å². The van der Waals surface area contributed by atoms with Crippen LogP contribution in [0.5, 0.6) is 0 Å². The summed E-state index contributed by atoms with van der Waals surface area (Å²) in [6.07, 6.45) is 3.21. The number of nitrogens with one attached hydrogen (secondary N) is 2. The third kappa shape index (κ3) is 5.07. The Morgan fingerprint density at radius 2 is 1.96 bits per heavy atom. The highest BCUT2D eigenvalue weighted by Crippen LogP contribution is 2.28. The van der Waals surface area contributed by atoms with Gasteiger partial charge in [-0.3, -0.25) is 4.79 Å². The molecule has 0 saturated carbocycles. The van der Waals surface area contributed by atoms with E-state index in [-0.39, 0.29) is 22.8 Å². The van der Waals surface area contributed by atoms with Crippen LogP contribution in [-0.2, 0) is 6.42 Å². The fourth-order valence-corrected chi connectivity index (χ4v) is 3.91. The van der Waals surface area contributed by atoms with Crippen LogP contribution in [0.25, 0.3) is 0 Å². The van der Waals surface area contributed by atoms with Crippen molar-refractivity contribution in [2.45, 2.75) is 72.4 Å². The Hall–Kier alpha value is -1.35. The molecule has 3 heteroatoms. The smallest absolute Gasteiger partial charge is 0.179 e. The van der Waals surface area contributed by atoms with Gasteiger partial charge in [0.05, 0.1) is 6.04 Å². The van der Waals surface area contributed by atoms with E-state index in [1.54, 1.807) is 0 Å². The molecule has 1 aliphatic rings. The molecular formula is C20H32N2O. The molecule has 1 aliphatic heterocycles. The number of rotatable bonds is 5. The van der Waals surface area contributed by atoms with Gasteiger partial charge in [-0.15, -0.1) is 0 Å². The Balaban J connectivity index is 2.07. The van der Waals surface area contributed by atoms with Crippen molar-refractivity contribution in [2.75, 3.05) is 11.9 Å². The zero-order chi connectivity index (χ0) is 17.3. The molecule has 1 aromatic rings. The molecule has 0 bridgehead atoms. The van der Waals surface area contributed by atoms with Crippen molar-refractivity contribution in [1.82, 2.24) is 5.32 Å². The van der Waals surface area contributed by atoms with E-state index in [0.29, 0.717) is 0 Å². The van der Waals surface area contributed by atoms with E-state index in [9.17, 15) is 4.79 Å². The summed E-state index contributed by atoms with van der Waals surface area (Å²) >= 11 is 0. The first-order chi connectivity index (χ1) is 10.6. The summed E-state index contributed by atoms with van der Waals surface area (Å²) in [6, 6.07) is 5.89. The predicted molar refractivity (Wildman–Crippen MR) is 98.3 cm³/mol. The topological polar surface area (TPSA) is 41.1 Å². The minimum absolute atomic E-state index is 0.0664.